The first-order chi connectivity index (χ1) is 27.6. The molecule has 0 atom stereocenters. The minimum absolute atomic E-state index is 0.515. The van der Waals surface area contributed by atoms with Gasteiger partial charge in [0.1, 0.15) is 11.5 Å². The molecule has 12 heteroatoms. The summed E-state index contributed by atoms with van der Waals surface area (Å²) in [5.41, 5.74) is 5.72. The number of para-hydroxylation sites is 2. The zero-order chi connectivity index (χ0) is 37.3. The Morgan fingerprint density at radius 2 is 0.893 bits per heavy atom. The summed E-state index contributed by atoms with van der Waals surface area (Å²) in [7, 11) is 4.00. The first-order valence-corrected chi connectivity index (χ1v) is 18.1. The van der Waals surface area contributed by atoms with Crippen LogP contribution in [0.2, 0.25) is 0 Å². The maximum absolute atomic E-state index is 6.89. The number of nitrogens with zero attached hydrogens (tertiary/aromatic N) is 10. The van der Waals surface area contributed by atoms with Crippen LogP contribution in [0.1, 0.15) is 0 Å². The standard InChI is InChI=1S/C44H32N10O2/c1-49-19-17-47-43(49)53-35-9-5-3-7-31(35)33-13-11-29(23-37(33)53)55-41-25-39(51-21-15-45-27-51)40(52-22-16-46-28-52)26-42(41)56-30-12-14-34-32-8-4-6-10-36(32)54(38(34)24-30)44-48-18-20-50(44)2/h3-28H,1-2H3. The van der Waals surface area contributed by atoms with Gasteiger partial charge in [0.25, 0.3) is 0 Å². The fourth-order valence-electron chi connectivity index (χ4n) is 7.77. The Balaban J connectivity index is 1.09. The molecule has 6 heterocycles. The molecule has 0 spiro atoms. The second-order valence-corrected chi connectivity index (χ2v) is 13.7. The lowest BCUT2D eigenvalue weighted by Crippen LogP contribution is -2.04. The summed E-state index contributed by atoms with van der Waals surface area (Å²) < 4.78 is 26.1. The van der Waals surface area contributed by atoms with Gasteiger partial charge in [0.05, 0.1) is 46.1 Å². The maximum Gasteiger partial charge on any atom is 0.214 e. The molecule has 0 aliphatic heterocycles. The van der Waals surface area contributed by atoms with Gasteiger partial charge >= 0.3 is 0 Å². The number of imidazole rings is 4. The van der Waals surface area contributed by atoms with Crippen molar-refractivity contribution in [2.24, 2.45) is 14.1 Å². The number of hydrogen-bond acceptors (Lipinski definition) is 6. The van der Waals surface area contributed by atoms with Crippen LogP contribution in [0.3, 0.4) is 0 Å². The average molecular weight is 733 g/mol. The Bertz CT molecular complexity index is 3020. The van der Waals surface area contributed by atoms with Gasteiger partial charge < -0.3 is 27.7 Å². The van der Waals surface area contributed by atoms with Gasteiger partial charge in [-0.2, -0.15) is 0 Å². The normalized spacial score (nSPS) is 11.8. The van der Waals surface area contributed by atoms with Crippen LogP contribution in [0.5, 0.6) is 23.0 Å². The van der Waals surface area contributed by atoms with E-state index in [4.69, 9.17) is 19.4 Å². The molecule has 270 valence electrons. The molecular weight excluding hydrogens is 701 g/mol. The molecule has 12 nitrogen and oxygen atoms in total. The molecule has 0 saturated heterocycles. The van der Waals surface area contributed by atoms with E-state index >= 15 is 0 Å². The first kappa shape index (κ1) is 31.6. The Morgan fingerprint density at radius 3 is 1.30 bits per heavy atom. The van der Waals surface area contributed by atoms with Gasteiger partial charge in [0.15, 0.2) is 11.5 Å². The molecule has 0 bridgehead atoms. The molecule has 0 radical (unpaired) electrons. The quantitative estimate of drug-likeness (QED) is 0.154. The molecule has 11 aromatic rings. The van der Waals surface area contributed by atoms with Gasteiger partial charge in [-0.05, 0) is 36.4 Å². The SMILES string of the molecule is Cn1ccnc1-n1c2ccccc2c2ccc(Oc3cc(-n4ccnc4)c(-n4ccnc4)cc3Oc3ccc4c5ccccc5n(-c5nccn5C)c4c3)cc21. The number of fused-ring (bicyclic) bond motifs is 6. The highest BCUT2D eigenvalue weighted by atomic mass is 16.5. The number of hydrogen-bond donors (Lipinski definition) is 0. The van der Waals surface area contributed by atoms with Crippen molar-refractivity contribution < 1.29 is 9.47 Å². The zero-order valence-corrected chi connectivity index (χ0v) is 30.3. The van der Waals surface area contributed by atoms with Gasteiger partial charge in [0, 0.05) is 109 Å². The first-order valence-electron chi connectivity index (χ1n) is 18.1. The van der Waals surface area contributed by atoms with E-state index in [1.165, 1.54) is 0 Å². The van der Waals surface area contributed by atoms with Crippen LogP contribution in [-0.2, 0) is 14.1 Å². The molecule has 5 aromatic carbocycles. The second kappa shape index (κ2) is 12.4. The molecule has 0 amide bonds. The number of rotatable bonds is 8. The van der Waals surface area contributed by atoms with Crippen molar-refractivity contribution in [1.82, 2.24) is 47.3 Å². The van der Waals surface area contributed by atoms with Crippen LogP contribution in [0.25, 0.3) is 66.9 Å². The van der Waals surface area contributed by atoms with Crippen LogP contribution >= 0.6 is 0 Å². The predicted molar refractivity (Wildman–Crippen MR) is 216 cm³/mol. The van der Waals surface area contributed by atoms with Crippen LogP contribution < -0.4 is 9.47 Å². The van der Waals surface area contributed by atoms with Crippen molar-refractivity contribution in [2.75, 3.05) is 0 Å². The fourth-order valence-corrected chi connectivity index (χ4v) is 7.77. The second-order valence-electron chi connectivity index (χ2n) is 13.7. The summed E-state index contributed by atoms with van der Waals surface area (Å²) in [6, 6.07) is 33.0. The van der Waals surface area contributed by atoms with E-state index in [0.717, 1.165) is 66.9 Å². The van der Waals surface area contributed by atoms with Crippen molar-refractivity contribution in [3.8, 4) is 46.3 Å². The van der Waals surface area contributed by atoms with Gasteiger partial charge in [-0.15, -0.1) is 0 Å². The highest BCUT2D eigenvalue weighted by molar-refractivity contribution is 6.10. The van der Waals surface area contributed by atoms with Crippen molar-refractivity contribution in [1.29, 1.82) is 0 Å². The highest BCUT2D eigenvalue weighted by Gasteiger charge is 2.21. The number of aryl methyl sites for hydroxylation is 2. The molecular formula is C44H32N10O2. The molecule has 0 saturated carbocycles. The lowest BCUT2D eigenvalue weighted by Gasteiger charge is -2.18. The zero-order valence-electron chi connectivity index (χ0n) is 30.3. The van der Waals surface area contributed by atoms with Crippen molar-refractivity contribution in [3.63, 3.8) is 0 Å². The number of ether oxygens (including phenoxy) is 2. The Hall–Kier alpha value is -7.86. The summed E-state index contributed by atoms with van der Waals surface area (Å²) in [4.78, 5) is 18.1. The van der Waals surface area contributed by atoms with Gasteiger partial charge in [-0.3, -0.25) is 9.13 Å². The Morgan fingerprint density at radius 1 is 0.446 bits per heavy atom. The molecule has 0 N–H and O–H groups in total. The summed E-state index contributed by atoms with van der Waals surface area (Å²) in [5.74, 6) is 3.92. The van der Waals surface area contributed by atoms with E-state index in [-0.39, 0.29) is 0 Å². The molecule has 11 rings (SSSR count). The largest absolute Gasteiger partial charge is 0.453 e. The van der Waals surface area contributed by atoms with Crippen LogP contribution in [0.4, 0.5) is 0 Å². The van der Waals surface area contributed by atoms with E-state index in [2.05, 4.69) is 79.8 Å². The lowest BCUT2D eigenvalue weighted by molar-refractivity contribution is 0.419. The van der Waals surface area contributed by atoms with E-state index in [0.29, 0.717) is 23.0 Å². The third-order valence-electron chi connectivity index (χ3n) is 10.3. The van der Waals surface area contributed by atoms with Crippen molar-refractivity contribution in [2.45, 2.75) is 0 Å². The van der Waals surface area contributed by atoms with Crippen LogP contribution in [0, 0.1) is 0 Å². The average Bonchev–Trinajstić information content (AvgIpc) is 4.09. The number of benzene rings is 5. The Kier molecular flexibility index (Phi) is 6.98. The van der Waals surface area contributed by atoms with E-state index in [1.54, 1.807) is 25.0 Å². The van der Waals surface area contributed by atoms with Crippen molar-refractivity contribution in [3.05, 3.63) is 159 Å². The minimum Gasteiger partial charge on any atom is -0.453 e. The predicted octanol–water partition coefficient (Wildman–Crippen LogP) is 9.30. The molecule has 56 heavy (non-hydrogen) atoms. The van der Waals surface area contributed by atoms with E-state index in [9.17, 15) is 0 Å². The third-order valence-corrected chi connectivity index (χ3v) is 10.3. The minimum atomic E-state index is 0.515. The highest BCUT2D eigenvalue weighted by Crippen LogP contribution is 2.43. The Labute approximate surface area is 319 Å². The summed E-state index contributed by atoms with van der Waals surface area (Å²) in [6.07, 6.45) is 18.4. The van der Waals surface area contributed by atoms with E-state index in [1.807, 2.05) is 106 Å². The van der Waals surface area contributed by atoms with E-state index < -0.39 is 0 Å². The number of aromatic nitrogens is 10. The lowest BCUT2D eigenvalue weighted by atomic mass is 10.1. The van der Waals surface area contributed by atoms with Gasteiger partial charge in [0.2, 0.25) is 11.9 Å². The van der Waals surface area contributed by atoms with Crippen molar-refractivity contribution >= 4 is 43.6 Å². The topological polar surface area (TPSA) is 99.6 Å². The molecule has 6 aromatic heterocycles. The summed E-state index contributed by atoms with van der Waals surface area (Å²) in [6.45, 7) is 0. The van der Waals surface area contributed by atoms with Crippen LogP contribution in [0.15, 0.2) is 159 Å². The van der Waals surface area contributed by atoms with Gasteiger partial charge in [-0.25, -0.2) is 19.9 Å². The maximum atomic E-state index is 6.89. The molecule has 0 fully saturated rings. The summed E-state index contributed by atoms with van der Waals surface area (Å²) in [5, 5.41) is 4.45. The summed E-state index contributed by atoms with van der Waals surface area (Å²) >= 11 is 0. The molecule has 0 unspecified atom stereocenters. The molecule has 0 aliphatic carbocycles. The van der Waals surface area contributed by atoms with Crippen LogP contribution in [-0.4, -0.2) is 47.3 Å². The monoisotopic (exact) mass is 732 g/mol. The third kappa shape index (κ3) is 4.93. The fraction of sp³-hybridized carbons (Fsp3) is 0.0455. The van der Waals surface area contributed by atoms with Gasteiger partial charge in [-0.1, -0.05) is 36.4 Å². The molecule has 0 aliphatic rings. The smallest absolute Gasteiger partial charge is 0.214 e.